The van der Waals surface area contributed by atoms with E-state index in [0.29, 0.717) is 46.8 Å². The number of hydrogen-bond donors (Lipinski definition) is 2. The summed E-state index contributed by atoms with van der Waals surface area (Å²) in [6, 6.07) is 13.3. The van der Waals surface area contributed by atoms with Gasteiger partial charge in [0.25, 0.3) is 0 Å². The molecule has 2 aromatic carbocycles. The number of nitrogens with one attached hydrogen (secondary N) is 2. The highest BCUT2D eigenvalue weighted by Gasteiger charge is 2.40. The topological polar surface area (TPSA) is 73.7 Å². The minimum absolute atomic E-state index is 0.175. The molecule has 1 aromatic heterocycles. The highest BCUT2D eigenvalue weighted by Crippen LogP contribution is 2.36. The second-order valence-corrected chi connectivity index (χ2v) is 6.97. The van der Waals surface area contributed by atoms with Gasteiger partial charge in [0.15, 0.2) is 0 Å². The first kappa shape index (κ1) is 16.2. The molecule has 0 radical (unpaired) electrons. The zero-order chi connectivity index (χ0) is 17.4. The molecule has 0 spiro atoms. The average Bonchev–Trinajstić information content (AvgIpc) is 3.00. The summed E-state index contributed by atoms with van der Waals surface area (Å²) in [5.41, 5.74) is 2.95. The van der Waals surface area contributed by atoms with Crippen molar-refractivity contribution in [3.8, 4) is 6.07 Å². The van der Waals surface area contributed by atoms with Gasteiger partial charge in [0, 0.05) is 6.54 Å². The minimum Gasteiger partial charge on any atom is -0.379 e. The van der Waals surface area contributed by atoms with E-state index in [4.69, 9.17) is 27.9 Å². The first-order chi connectivity index (χ1) is 12.1. The predicted molar refractivity (Wildman–Crippen MR) is 98.3 cm³/mol. The number of fused-ring (bicyclic) bond motifs is 1. The molecule has 2 heterocycles. The van der Waals surface area contributed by atoms with Gasteiger partial charge in [0.05, 0.1) is 39.8 Å². The van der Waals surface area contributed by atoms with E-state index < -0.39 is 0 Å². The van der Waals surface area contributed by atoms with Crippen molar-refractivity contribution < 1.29 is 4.74 Å². The van der Waals surface area contributed by atoms with E-state index in [0.717, 1.165) is 11.1 Å². The second-order valence-electron chi connectivity index (χ2n) is 6.15. The van der Waals surface area contributed by atoms with E-state index in [-0.39, 0.29) is 5.41 Å². The van der Waals surface area contributed by atoms with Crippen molar-refractivity contribution in [2.45, 2.75) is 5.41 Å². The van der Waals surface area contributed by atoms with Gasteiger partial charge in [-0.2, -0.15) is 5.26 Å². The number of rotatable bonds is 4. The van der Waals surface area contributed by atoms with Crippen LogP contribution in [0.15, 0.2) is 36.4 Å². The largest absolute Gasteiger partial charge is 0.379 e. The molecule has 5 nitrogen and oxygen atoms in total. The summed E-state index contributed by atoms with van der Waals surface area (Å²) in [6.45, 7) is 1.83. The maximum Gasteiger partial charge on any atom is 0.201 e. The molecule has 0 unspecified atom stereocenters. The number of aromatic amines is 1. The zero-order valence-corrected chi connectivity index (χ0v) is 14.7. The van der Waals surface area contributed by atoms with Gasteiger partial charge in [-0.15, -0.1) is 0 Å². The Labute approximate surface area is 154 Å². The first-order valence-electron chi connectivity index (χ1n) is 7.77. The molecular formula is C18H14Cl2N4O. The number of halogens is 2. The molecule has 2 N–H and O–H groups in total. The molecule has 0 amide bonds. The number of para-hydroxylation sites is 1. The van der Waals surface area contributed by atoms with E-state index in [2.05, 4.69) is 21.4 Å². The van der Waals surface area contributed by atoms with Gasteiger partial charge in [0.2, 0.25) is 5.95 Å². The Hall–Kier alpha value is -2.26. The molecule has 126 valence electrons. The quantitative estimate of drug-likeness (QED) is 0.722. The van der Waals surface area contributed by atoms with Crippen LogP contribution in [0.3, 0.4) is 0 Å². The summed E-state index contributed by atoms with van der Waals surface area (Å²) in [4.78, 5) is 7.69. The number of benzene rings is 2. The Morgan fingerprint density at radius 1 is 1.24 bits per heavy atom. The summed E-state index contributed by atoms with van der Waals surface area (Å²) < 4.78 is 5.46. The summed E-state index contributed by atoms with van der Waals surface area (Å²) >= 11 is 12.2. The third-order valence-electron chi connectivity index (χ3n) is 4.52. The second kappa shape index (κ2) is 6.23. The minimum atomic E-state index is -0.175. The van der Waals surface area contributed by atoms with Crippen LogP contribution >= 0.6 is 23.2 Å². The van der Waals surface area contributed by atoms with Crippen molar-refractivity contribution in [1.82, 2.24) is 9.97 Å². The number of nitriles is 1. The van der Waals surface area contributed by atoms with Crippen LogP contribution in [0.5, 0.6) is 0 Å². The molecule has 7 heteroatoms. The molecular weight excluding hydrogens is 359 g/mol. The average molecular weight is 373 g/mol. The lowest BCUT2D eigenvalue weighted by molar-refractivity contribution is -0.0529. The maximum absolute atomic E-state index is 9.18. The fourth-order valence-corrected chi connectivity index (χ4v) is 3.30. The predicted octanol–water partition coefficient (Wildman–Crippen LogP) is 4.12. The van der Waals surface area contributed by atoms with Crippen LogP contribution in [0.2, 0.25) is 10.0 Å². The third kappa shape index (κ3) is 2.83. The summed E-state index contributed by atoms with van der Waals surface area (Å²) in [5, 5.41) is 13.6. The molecule has 0 atom stereocenters. The lowest BCUT2D eigenvalue weighted by Gasteiger charge is -2.42. The van der Waals surface area contributed by atoms with Crippen molar-refractivity contribution >= 4 is 40.2 Å². The Bertz CT molecular complexity index is 988. The van der Waals surface area contributed by atoms with Gasteiger partial charge in [-0.3, -0.25) is 0 Å². The summed E-state index contributed by atoms with van der Waals surface area (Å²) in [5.74, 6) is 0.629. The molecule has 4 rings (SSSR count). The number of nitrogens with zero attached hydrogens (tertiary/aromatic N) is 2. The van der Waals surface area contributed by atoms with Crippen molar-refractivity contribution in [2.24, 2.45) is 0 Å². The van der Waals surface area contributed by atoms with Gasteiger partial charge in [-0.1, -0.05) is 35.3 Å². The molecule has 0 aliphatic carbocycles. The SMILES string of the molecule is N#Cc1cccc2[nH]c(NCC3(c4ccc(Cl)c(Cl)c4)COC3)nc12. The number of H-pyrrole nitrogens is 1. The maximum atomic E-state index is 9.18. The van der Waals surface area contributed by atoms with Crippen LogP contribution in [-0.4, -0.2) is 29.7 Å². The van der Waals surface area contributed by atoms with Gasteiger partial charge >= 0.3 is 0 Å². The van der Waals surface area contributed by atoms with Crippen molar-refractivity contribution in [2.75, 3.05) is 25.1 Å². The van der Waals surface area contributed by atoms with Gasteiger partial charge in [0.1, 0.15) is 11.6 Å². The number of imidazole rings is 1. The Morgan fingerprint density at radius 2 is 2.08 bits per heavy atom. The van der Waals surface area contributed by atoms with Crippen LogP contribution < -0.4 is 5.32 Å². The molecule has 1 aliphatic rings. The zero-order valence-electron chi connectivity index (χ0n) is 13.1. The van der Waals surface area contributed by atoms with Crippen LogP contribution in [-0.2, 0) is 10.2 Å². The lowest BCUT2D eigenvalue weighted by Crippen LogP contribution is -2.51. The standard InChI is InChI=1S/C18H14Cl2N4O/c19-13-5-4-12(6-14(13)20)18(9-25-10-18)8-22-17-23-15-3-1-2-11(7-21)16(15)24-17/h1-6H,8-10H2,(H2,22,23,24). The van der Waals surface area contributed by atoms with Gasteiger partial charge in [-0.25, -0.2) is 4.98 Å². The lowest BCUT2D eigenvalue weighted by atomic mass is 9.78. The highest BCUT2D eigenvalue weighted by molar-refractivity contribution is 6.42. The Morgan fingerprint density at radius 3 is 2.76 bits per heavy atom. The van der Waals surface area contributed by atoms with E-state index in [1.165, 1.54) is 0 Å². The molecule has 3 aromatic rings. The van der Waals surface area contributed by atoms with Crippen molar-refractivity contribution in [3.63, 3.8) is 0 Å². The molecule has 25 heavy (non-hydrogen) atoms. The smallest absolute Gasteiger partial charge is 0.201 e. The fourth-order valence-electron chi connectivity index (χ4n) is 3.00. The van der Waals surface area contributed by atoms with Gasteiger partial charge < -0.3 is 15.0 Å². The molecule has 1 fully saturated rings. The van der Waals surface area contributed by atoms with Crippen LogP contribution in [0.25, 0.3) is 11.0 Å². The highest BCUT2D eigenvalue weighted by atomic mass is 35.5. The van der Waals surface area contributed by atoms with Crippen molar-refractivity contribution in [3.05, 3.63) is 57.6 Å². The van der Waals surface area contributed by atoms with Crippen LogP contribution in [0.1, 0.15) is 11.1 Å². The number of hydrogen-bond acceptors (Lipinski definition) is 4. The number of aromatic nitrogens is 2. The third-order valence-corrected chi connectivity index (χ3v) is 5.26. The van der Waals surface area contributed by atoms with E-state index in [1.807, 2.05) is 24.3 Å². The number of ether oxygens (including phenoxy) is 1. The Balaban J connectivity index is 1.59. The first-order valence-corrected chi connectivity index (χ1v) is 8.53. The number of anilines is 1. The molecule has 0 bridgehead atoms. The monoisotopic (exact) mass is 372 g/mol. The normalized spacial score (nSPS) is 15.6. The molecule has 0 saturated carbocycles. The van der Waals surface area contributed by atoms with Crippen LogP contribution in [0.4, 0.5) is 5.95 Å². The van der Waals surface area contributed by atoms with Crippen molar-refractivity contribution in [1.29, 1.82) is 5.26 Å². The van der Waals surface area contributed by atoms with E-state index in [9.17, 15) is 5.26 Å². The molecule has 1 saturated heterocycles. The fraction of sp³-hybridized carbons (Fsp3) is 0.222. The molecule has 1 aliphatic heterocycles. The summed E-state index contributed by atoms with van der Waals surface area (Å²) in [6.07, 6.45) is 0. The van der Waals surface area contributed by atoms with Gasteiger partial charge in [-0.05, 0) is 29.8 Å². The Kier molecular flexibility index (Phi) is 4.04. The van der Waals surface area contributed by atoms with Crippen LogP contribution in [0, 0.1) is 11.3 Å². The van der Waals surface area contributed by atoms with E-state index >= 15 is 0 Å². The van der Waals surface area contributed by atoms with E-state index in [1.54, 1.807) is 12.1 Å². The summed E-state index contributed by atoms with van der Waals surface area (Å²) in [7, 11) is 0.